The number of methoxy groups -OCH3 is 1. The van der Waals surface area contributed by atoms with Crippen LogP contribution in [0.1, 0.15) is 38.7 Å². The maximum Gasteiger partial charge on any atom is 0.242 e. The van der Waals surface area contributed by atoms with E-state index in [-0.39, 0.29) is 24.8 Å². The third kappa shape index (κ3) is 7.79. The first kappa shape index (κ1) is 24.5. The summed E-state index contributed by atoms with van der Waals surface area (Å²) >= 11 is 6.29. The van der Waals surface area contributed by atoms with Gasteiger partial charge in [0.15, 0.2) is 0 Å². The van der Waals surface area contributed by atoms with E-state index in [9.17, 15) is 9.59 Å². The molecular weight excluding hydrogens is 416 g/mol. The monoisotopic (exact) mass is 446 g/mol. The molecule has 0 heterocycles. The molecule has 0 bridgehead atoms. The summed E-state index contributed by atoms with van der Waals surface area (Å²) in [6, 6.07) is 14.0. The molecule has 1 atom stereocenters. The van der Waals surface area contributed by atoms with Gasteiger partial charge in [0.25, 0.3) is 0 Å². The van der Waals surface area contributed by atoms with Gasteiger partial charge in [0.2, 0.25) is 11.8 Å². The molecule has 31 heavy (non-hydrogen) atoms. The van der Waals surface area contributed by atoms with Gasteiger partial charge in [-0.2, -0.15) is 0 Å². The summed E-state index contributed by atoms with van der Waals surface area (Å²) < 4.78 is 10.8. The van der Waals surface area contributed by atoms with Crippen molar-refractivity contribution in [3.05, 3.63) is 59.1 Å². The van der Waals surface area contributed by atoms with E-state index < -0.39 is 6.04 Å². The highest BCUT2D eigenvalue weighted by Crippen LogP contribution is 2.20. The number of hydrogen-bond donors (Lipinski definition) is 1. The first-order chi connectivity index (χ1) is 15.0. The van der Waals surface area contributed by atoms with Crippen LogP contribution in [0, 0.1) is 0 Å². The predicted octanol–water partition coefficient (Wildman–Crippen LogP) is 4.45. The number of ether oxygens (including phenoxy) is 2. The molecule has 0 aliphatic rings. The van der Waals surface area contributed by atoms with Gasteiger partial charge in [0.1, 0.15) is 17.5 Å². The van der Waals surface area contributed by atoms with Crippen LogP contribution in [0.15, 0.2) is 48.5 Å². The van der Waals surface area contributed by atoms with Gasteiger partial charge >= 0.3 is 0 Å². The Labute approximate surface area is 189 Å². The van der Waals surface area contributed by atoms with Gasteiger partial charge in [-0.25, -0.2) is 0 Å². The molecule has 7 heteroatoms. The van der Waals surface area contributed by atoms with Crippen molar-refractivity contribution >= 4 is 23.4 Å². The molecule has 6 nitrogen and oxygen atoms in total. The van der Waals surface area contributed by atoms with Gasteiger partial charge in [-0.1, -0.05) is 36.7 Å². The Bertz CT molecular complexity index is 842. The lowest BCUT2D eigenvalue weighted by Gasteiger charge is -2.29. The normalized spacial score (nSPS) is 11.5. The van der Waals surface area contributed by atoms with Crippen LogP contribution in [0.4, 0.5) is 0 Å². The van der Waals surface area contributed by atoms with Crippen molar-refractivity contribution in [2.24, 2.45) is 0 Å². The average molecular weight is 447 g/mol. The van der Waals surface area contributed by atoms with Crippen molar-refractivity contribution < 1.29 is 19.1 Å². The van der Waals surface area contributed by atoms with Crippen LogP contribution in [0.5, 0.6) is 11.5 Å². The highest BCUT2D eigenvalue weighted by Gasteiger charge is 2.26. The summed E-state index contributed by atoms with van der Waals surface area (Å²) in [5, 5.41) is 3.44. The van der Waals surface area contributed by atoms with E-state index in [2.05, 4.69) is 5.32 Å². The molecule has 0 aromatic heterocycles. The highest BCUT2D eigenvalue weighted by atomic mass is 35.5. The van der Waals surface area contributed by atoms with E-state index in [0.29, 0.717) is 30.3 Å². The Morgan fingerprint density at radius 3 is 2.42 bits per heavy atom. The fourth-order valence-corrected chi connectivity index (χ4v) is 3.21. The summed E-state index contributed by atoms with van der Waals surface area (Å²) in [6.07, 6.45) is 1.64. The minimum absolute atomic E-state index is 0.114. The number of carbonyl (C=O) groups is 2. The molecule has 2 amide bonds. The standard InChI is InChI=1S/C24H31ClN2O4/c1-4-15-26-24(29)18(2)27(17-19-8-5-6-9-22(19)25)23(28)10-7-16-31-21-13-11-20(30-3)12-14-21/h5-6,8-9,11-14,18H,4,7,10,15-17H2,1-3H3,(H,26,29)/t18-/m0/s1. The van der Waals surface area contributed by atoms with Crippen molar-refractivity contribution in [3.8, 4) is 11.5 Å². The number of benzene rings is 2. The third-order valence-electron chi connectivity index (χ3n) is 4.88. The minimum atomic E-state index is -0.599. The molecular formula is C24H31ClN2O4. The number of carbonyl (C=O) groups excluding carboxylic acids is 2. The summed E-state index contributed by atoms with van der Waals surface area (Å²) in [4.78, 5) is 27.1. The molecule has 1 N–H and O–H groups in total. The molecule has 0 fully saturated rings. The van der Waals surface area contributed by atoms with Gasteiger partial charge in [-0.15, -0.1) is 0 Å². The second-order valence-electron chi connectivity index (χ2n) is 7.21. The molecule has 0 spiro atoms. The Morgan fingerprint density at radius 1 is 1.10 bits per heavy atom. The lowest BCUT2D eigenvalue weighted by atomic mass is 10.1. The number of nitrogens with one attached hydrogen (secondary N) is 1. The number of hydrogen-bond acceptors (Lipinski definition) is 4. The van der Waals surface area contributed by atoms with E-state index in [0.717, 1.165) is 17.7 Å². The van der Waals surface area contributed by atoms with E-state index >= 15 is 0 Å². The first-order valence-electron chi connectivity index (χ1n) is 10.5. The van der Waals surface area contributed by atoms with Crippen LogP contribution < -0.4 is 14.8 Å². The van der Waals surface area contributed by atoms with Crippen LogP contribution in [0.25, 0.3) is 0 Å². The molecule has 168 valence electrons. The molecule has 2 aromatic rings. The van der Waals surface area contributed by atoms with Gasteiger partial charge in [0.05, 0.1) is 13.7 Å². The summed E-state index contributed by atoms with van der Waals surface area (Å²) in [5.74, 6) is 1.19. The molecule has 0 radical (unpaired) electrons. The van der Waals surface area contributed by atoms with E-state index in [1.807, 2.05) is 49.4 Å². The lowest BCUT2D eigenvalue weighted by Crippen LogP contribution is -2.47. The topological polar surface area (TPSA) is 67.9 Å². The Balaban J connectivity index is 1.97. The highest BCUT2D eigenvalue weighted by molar-refractivity contribution is 6.31. The van der Waals surface area contributed by atoms with Crippen LogP contribution in [-0.2, 0) is 16.1 Å². The fraction of sp³-hybridized carbons (Fsp3) is 0.417. The van der Waals surface area contributed by atoms with Crippen molar-refractivity contribution in [2.45, 2.75) is 45.7 Å². The summed E-state index contributed by atoms with van der Waals surface area (Å²) in [5.41, 5.74) is 0.808. The smallest absolute Gasteiger partial charge is 0.242 e. The van der Waals surface area contributed by atoms with Gasteiger partial charge in [-0.3, -0.25) is 9.59 Å². The van der Waals surface area contributed by atoms with Crippen LogP contribution in [0.3, 0.4) is 0 Å². The molecule has 0 saturated carbocycles. The van der Waals surface area contributed by atoms with E-state index in [1.165, 1.54) is 0 Å². The Morgan fingerprint density at radius 2 is 1.77 bits per heavy atom. The molecule has 2 rings (SSSR count). The molecule has 2 aromatic carbocycles. The van der Waals surface area contributed by atoms with Gasteiger partial charge < -0.3 is 19.7 Å². The van der Waals surface area contributed by atoms with Gasteiger partial charge in [-0.05, 0) is 55.7 Å². The third-order valence-corrected chi connectivity index (χ3v) is 5.25. The number of rotatable bonds is 12. The second-order valence-corrected chi connectivity index (χ2v) is 7.61. The SMILES string of the molecule is CCCNC(=O)[C@H](C)N(Cc1ccccc1Cl)C(=O)CCCOc1ccc(OC)cc1. The van der Waals surface area contributed by atoms with Crippen molar-refractivity contribution in [1.29, 1.82) is 0 Å². The first-order valence-corrected chi connectivity index (χ1v) is 10.9. The summed E-state index contributed by atoms with van der Waals surface area (Å²) in [7, 11) is 1.61. The predicted molar refractivity (Wildman–Crippen MR) is 122 cm³/mol. The zero-order valence-electron chi connectivity index (χ0n) is 18.4. The zero-order valence-corrected chi connectivity index (χ0v) is 19.2. The number of amides is 2. The largest absolute Gasteiger partial charge is 0.497 e. The van der Waals surface area contributed by atoms with E-state index in [4.69, 9.17) is 21.1 Å². The van der Waals surface area contributed by atoms with Crippen LogP contribution in [-0.4, -0.2) is 43.0 Å². The quantitative estimate of drug-likeness (QED) is 0.489. The molecule has 0 saturated heterocycles. The van der Waals surface area contributed by atoms with Crippen LogP contribution >= 0.6 is 11.6 Å². The van der Waals surface area contributed by atoms with Crippen molar-refractivity contribution in [1.82, 2.24) is 10.2 Å². The van der Waals surface area contributed by atoms with Crippen molar-refractivity contribution in [3.63, 3.8) is 0 Å². The van der Waals surface area contributed by atoms with E-state index in [1.54, 1.807) is 25.0 Å². The van der Waals surface area contributed by atoms with Gasteiger partial charge in [0, 0.05) is 24.5 Å². The Kier molecular flexibility index (Phi) is 10.2. The van der Waals surface area contributed by atoms with Crippen molar-refractivity contribution in [2.75, 3.05) is 20.3 Å². The zero-order chi connectivity index (χ0) is 22.6. The number of nitrogens with zero attached hydrogens (tertiary/aromatic N) is 1. The lowest BCUT2D eigenvalue weighted by molar-refractivity contribution is -0.140. The fourth-order valence-electron chi connectivity index (χ4n) is 3.02. The number of halogens is 1. The Hall–Kier alpha value is -2.73. The second kappa shape index (κ2) is 12.8. The molecule has 0 aliphatic heterocycles. The molecule has 0 aliphatic carbocycles. The molecule has 0 unspecified atom stereocenters. The average Bonchev–Trinajstić information content (AvgIpc) is 2.79. The van der Waals surface area contributed by atoms with Crippen LogP contribution in [0.2, 0.25) is 5.02 Å². The maximum atomic E-state index is 13.0. The minimum Gasteiger partial charge on any atom is -0.497 e. The summed E-state index contributed by atoms with van der Waals surface area (Å²) in [6.45, 7) is 4.98. The maximum absolute atomic E-state index is 13.0.